The van der Waals surface area contributed by atoms with Crippen LogP contribution >= 0.6 is 0 Å². The molecule has 0 unspecified atom stereocenters. The second-order valence-electron chi connectivity index (χ2n) is 3.79. The Hall–Kier alpha value is 0.452. The lowest BCUT2D eigenvalue weighted by atomic mass is 10.4. The maximum Gasteiger partial charge on any atom is 0.251 e. The number of nitrogens with zero attached hydrogens (tertiary/aromatic N) is 1. The van der Waals surface area contributed by atoms with Crippen molar-refractivity contribution in [3.8, 4) is 0 Å². The Morgan fingerprint density at radius 1 is 1.09 bits per heavy atom. The van der Waals surface area contributed by atoms with Gasteiger partial charge in [-0.2, -0.15) is 0 Å². The van der Waals surface area contributed by atoms with Crippen LogP contribution in [0.3, 0.4) is 0 Å². The lowest BCUT2D eigenvalue weighted by Crippen LogP contribution is -2.40. The van der Waals surface area contributed by atoms with Gasteiger partial charge < -0.3 is 10.2 Å². The molecule has 0 amide bonds. The number of piperazine rings is 1. The largest absolute Gasteiger partial charge is 0.314 e. The summed E-state index contributed by atoms with van der Waals surface area (Å²) in [6, 6.07) is 0. The molecule has 1 saturated heterocycles. The number of likely N-dealkylation sites (N-methyl/N-ethyl adjacent to an activating group) is 1. The summed E-state index contributed by atoms with van der Waals surface area (Å²) in [5.74, 6) is 6.92. The molecule has 0 aromatic carbocycles. The molecule has 1 heterocycles. The first-order chi connectivity index (χ1) is 5.13. The smallest absolute Gasteiger partial charge is 0.251 e. The Morgan fingerprint density at radius 2 is 1.45 bits per heavy atom. The summed E-state index contributed by atoms with van der Waals surface area (Å²) >= 11 is -0.139. The monoisotopic (exact) mass is 172 g/mol. The van der Waals surface area contributed by atoms with Gasteiger partial charge in [-0.05, 0) is 7.05 Å². The van der Waals surface area contributed by atoms with E-state index in [-0.39, 0.29) is 14.1 Å². The first-order valence-electron chi connectivity index (χ1n) is 4.52. The van der Waals surface area contributed by atoms with Gasteiger partial charge in [-0.25, -0.2) is 0 Å². The summed E-state index contributed by atoms with van der Waals surface area (Å²) in [5.41, 5.74) is 0. The van der Waals surface area contributed by atoms with Crippen molar-refractivity contribution in [2.24, 2.45) is 0 Å². The van der Waals surface area contributed by atoms with Crippen molar-refractivity contribution in [3.05, 3.63) is 0 Å². The summed E-state index contributed by atoms with van der Waals surface area (Å²) in [4.78, 5) is 2.33. The molecular formula is C8H21AlN2. The number of hydrogen-bond acceptors (Lipinski definition) is 2. The summed E-state index contributed by atoms with van der Waals surface area (Å²) in [6.45, 7) is 4.74. The van der Waals surface area contributed by atoms with Crippen LogP contribution in [-0.2, 0) is 0 Å². The number of rotatable bonds is 0. The molecule has 1 rings (SSSR count). The zero-order valence-corrected chi connectivity index (χ0v) is 9.51. The van der Waals surface area contributed by atoms with E-state index in [1.807, 2.05) is 0 Å². The van der Waals surface area contributed by atoms with Crippen molar-refractivity contribution in [1.82, 2.24) is 10.2 Å². The molecule has 66 valence electrons. The molecule has 1 aliphatic rings. The normalized spacial score (nSPS) is 18.5. The van der Waals surface area contributed by atoms with E-state index in [1.54, 1.807) is 0 Å². The Morgan fingerprint density at radius 3 is 1.64 bits per heavy atom. The lowest BCUT2D eigenvalue weighted by molar-refractivity contribution is 0.291. The fourth-order valence-corrected chi connectivity index (χ4v) is 0.777. The van der Waals surface area contributed by atoms with Gasteiger partial charge in [0.2, 0.25) is 0 Å². The van der Waals surface area contributed by atoms with Crippen LogP contribution in [0.5, 0.6) is 0 Å². The summed E-state index contributed by atoms with van der Waals surface area (Å²) in [5, 5.41) is 3.27. The Labute approximate surface area is 75.4 Å². The molecule has 2 nitrogen and oxygen atoms in total. The van der Waals surface area contributed by atoms with E-state index in [2.05, 4.69) is 34.6 Å². The van der Waals surface area contributed by atoms with Crippen LogP contribution in [0.4, 0.5) is 0 Å². The summed E-state index contributed by atoms with van der Waals surface area (Å²) in [7, 11) is 2.15. The van der Waals surface area contributed by atoms with Crippen LogP contribution in [0.1, 0.15) is 0 Å². The molecule has 0 spiro atoms. The van der Waals surface area contributed by atoms with Gasteiger partial charge in [0.15, 0.2) is 0 Å². The summed E-state index contributed by atoms with van der Waals surface area (Å²) < 4.78 is 0. The summed E-state index contributed by atoms with van der Waals surface area (Å²) in [6.07, 6.45) is 0. The third-order valence-electron chi connectivity index (χ3n) is 1.34. The van der Waals surface area contributed by atoms with Crippen molar-refractivity contribution in [1.29, 1.82) is 0 Å². The molecule has 1 aliphatic heterocycles. The lowest BCUT2D eigenvalue weighted by Gasteiger charge is -2.21. The molecule has 0 aliphatic carbocycles. The standard InChI is InChI=1S/C5H12N2.3CH3.Al/c1-7-4-2-6-3-5-7;;;;/h6H,2-5H2,1H3;3*1H3;. The highest BCUT2D eigenvalue weighted by Crippen LogP contribution is 1.83. The van der Waals surface area contributed by atoms with Gasteiger partial charge in [-0.1, -0.05) is 0 Å². The van der Waals surface area contributed by atoms with E-state index >= 15 is 0 Å². The van der Waals surface area contributed by atoms with Crippen molar-refractivity contribution < 1.29 is 0 Å². The van der Waals surface area contributed by atoms with Crippen molar-refractivity contribution in [3.63, 3.8) is 0 Å². The third kappa shape index (κ3) is 10.5. The van der Waals surface area contributed by atoms with Gasteiger partial charge >= 0.3 is 0 Å². The quantitative estimate of drug-likeness (QED) is 0.546. The fraction of sp³-hybridized carbons (Fsp3) is 1.00. The first kappa shape index (κ1) is 11.5. The molecule has 1 fully saturated rings. The third-order valence-corrected chi connectivity index (χ3v) is 1.34. The SMILES string of the molecule is CN1CCNCC1.[CH3][Al]([CH3])[CH3]. The second kappa shape index (κ2) is 7.12. The highest BCUT2D eigenvalue weighted by molar-refractivity contribution is 6.54. The average Bonchev–Trinajstić information content (AvgIpc) is 1.87. The molecule has 0 aromatic heterocycles. The van der Waals surface area contributed by atoms with Crippen molar-refractivity contribution in [2.75, 3.05) is 33.2 Å². The second-order valence-corrected chi connectivity index (χ2v) is 7.25. The predicted molar refractivity (Wildman–Crippen MR) is 53.7 cm³/mol. The maximum absolute atomic E-state index is 3.27. The number of hydrogen-bond donors (Lipinski definition) is 1. The number of nitrogens with one attached hydrogen (secondary N) is 1. The van der Waals surface area contributed by atoms with Crippen LogP contribution in [0.15, 0.2) is 0 Å². The molecule has 11 heavy (non-hydrogen) atoms. The van der Waals surface area contributed by atoms with Crippen LogP contribution in [-0.4, -0.2) is 52.3 Å². The van der Waals surface area contributed by atoms with Crippen LogP contribution in [0.2, 0.25) is 17.4 Å². The van der Waals surface area contributed by atoms with Gasteiger partial charge in [0.1, 0.15) is 0 Å². The van der Waals surface area contributed by atoms with Gasteiger partial charge in [0, 0.05) is 26.2 Å². The van der Waals surface area contributed by atoms with E-state index in [4.69, 9.17) is 0 Å². The first-order valence-corrected chi connectivity index (χ1v) is 7.98. The molecular weight excluding hydrogens is 151 g/mol. The molecule has 0 saturated carbocycles. The van der Waals surface area contributed by atoms with E-state index in [0.29, 0.717) is 0 Å². The average molecular weight is 172 g/mol. The molecule has 3 heteroatoms. The zero-order chi connectivity index (χ0) is 8.69. The predicted octanol–water partition coefficient (Wildman–Crippen LogP) is 0.892. The highest BCUT2D eigenvalue weighted by atomic mass is 27.2. The van der Waals surface area contributed by atoms with E-state index in [0.717, 1.165) is 13.1 Å². The van der Waals surface area contributed by atoms with Gasteiger partial charge in [0.05, 0.1) is 0 Å². The van der Waals surface area contributed by atoms with Crippen molar-refractivity contribution in [2.45, 2.75) is 17.4 Å². The van der Waals surface area contributed by atoms with Crippen LogP contribution in [0.25, 0.3) is 0 Å². The van der Waals surface area contributed by atoms with E-state index < -0.39 is 0 Å². The topological polar surface area (TPSA) is 15.3 Å². The minimum Gasteiger partial charge on any atom is -0.314 e. The van der Waals surface area contributed by atoms with E-state index in [9.17, 15) is 0 Å². The zero-order valence-electron chi connectivity index (χ0n) is 8.35. The maximum atomic E-state index is 3.27. The van der Waals surface area contributed by atoms with Crippen LogP contribution < -0.4 is 5.32 Å². The molecule has 0 bridgehead atoms. The molecule has 1 N–H and O–H groups in total. The molecule has 0 aromatic rings. The van der Waals surface area contributed by atoms with Crippen LogP contribution in [0, 0.1) is 0 Å². The van der Waals surface area contributed by atoms with Gasteiger partial charge in [-0.15, -0.1) is 17.4 Å². The van der Waals surface area contributed by atoms with Gasteiger partial charge in [0.25, 0.3) is 14.1 Å². The molecule has 0 atom stereocenters. The Bertz CT molecular complexity index is 77.4. The Balaban J connectivity index is 0.000000218. The minimum atomic E-state index is -0.139. The van der Waals surface area contributed by atoms with E-state index in [1.165, 1.54) is 13.1 Å². The van der Waals surface area contributed by atoms with Gasteiger partial charge in [-0.3, -0.25) is 0 Å². The minimum absolute atomic E-state index is 0.139. The van der Waals surface area contributed by atoms with Crippen molar-refractivity contribution >= 4 is 14.1 Å². The fourth-order valence-electron chi connectivity index (χ4n) is 0.777. The Kier molecular flexibility index (Phi) is 7.41. The molecule has 0 radical (unpaired) electrons. The highest BCUT2D eigenvalue weighted by Gasteiger charge is 2.01.